The lowest BCUT2D eigenvalue weighted by atomic mass is 10.1. The Morgan fingerprint density at radius 3 is 2.61 bits per heavy atom. The van der Waals surface area contributed by atoms with Gasteiger partial charge in [0.05, 0.1) is 20.9 Å². The van der Waals surface area contributed by atoms with Crippen LogP contribution in [0, 0.1) is 11.3 Å². The summed E-state index contributed by atoms with van der Waals surface area (Å²) in [6, 6.07) is 19.9. The van der Waals surface area contributed by atoms with E-state index in [1.807, 2.05) is 24.3 Å². The Morgan fingerprint density at radius 2 is 1.93 bits per heavy atom. The molecule has 1 N–H and O–H groups in total. The zero-order valence-electron chi connectivity index (χ0n) is 14.3. The van der Waals surface area contributed by atoms with Gasteiger partial charge in [0.1, 0.15) is 22.5 Å². The lowest BCUT2D eigenvalue weighted by Gasteiger charge is -2.03. The zero-order valence-corrected chi connectivity index (χ0v) is 15.9. The largest absolute Gasteiger partial charge is 0.422 e. The summed E-state index contributed by atoms with van der Waals surface area (Å²) in [4.78, 5) is 20.1. The van der Waals surface area contributed by atoms with E-state index in [0.717, 1.165) is 27.9 Å². The molecule has 2 heterocycles. The molecule has 136 valence electrons. The fourth-order valence-electron chi connectivity index (χ4n) is 2.61. The second-order valence-electron chi connectivity index (χ2n) is 5.83. The molecule has 2 aromatic heterocycles. The van der Waals surface area contributed by atoms with Crippen molar-refractivity contribution in [3.8, 4) is 11.8 Å². The fraction of sp³-hybridized carbons (Fsp3) is 0. The Bertz CT molecular complexity index is 1200. The predicted octanol–water partition coefficient (Wildman–Crippen LogP) is 5.56. The standard InChI is InChI=1S/C21H12ClN3O2S/c22-19-10-9-18(28-19)21(26)27-15-7-5-13(6-8-15)11-14(12-23)20-24-16-3-1-2-4-17(16)25-20/h1-11H,(H,24,25)/b14-11+. The van der Waals surface area contributed by atoms with E-state index in [4.69, 9.17) is 16.3 Å². The molecular weight excluding hydrogens is 394 g/mol. The first-order valence-electron chi connectivity index (χ1n) is 8.27. The number of halogens is 1. The number of rotatable bonds is 4. The lowest BCUT2D eigenvalue weighted by Crippen LogP contribution is -2.06. The number of fused-ring (bicyclic) bond motifs is 1. The molecule has 0 saturated heterocycles. The Morgan fingerprint density at radius 1 is 1.14 bits per heavy atom. The molecule has 0 unspecified atom stereocenters. The number of aromatic nitrogens is 2. The third kappa shape index (κ3) is 3.81. The van der Waals surface area contributed by atoms with Crippen LogP contribution in [0.4, 0.5) is 0 Å². The number of H-pyrrole nitrogens is 1. The maximum Gasteiger partial charge on any atom is 0.353 e. The number of ether oxygens (including phenoxy) is 1. The summed E-state index contributed by atoms with van der Waals surface area (Å²) in [7, 11) is 0. The van der Waals surface area contributed by atoms with Crippen molar-refractivity contribution in [2.75, 3.05) is 0 Å². The number of hydrogen-bond acceptors (Lipinski definition) is 5. The van der Waals surface area contributed by atoms with Crippen LogP contribution in [0.5, 0.6) is 5.75 Å². The molecule has 0 atom stereocenters. The molecule has 7 heteroatoms. The van der Waals surface area contributed by atoms with Gasteiger partial charge in [0.25, 0.3) is 0 Å². The van der Waals surface area contributed by atoms with Gasteiger partial charge in [0.2, 0.25) is 0 Å². The van der Waals surface area contributed by atoms with Crippen molar-refractivity contribution in [1.29, 1.82) is 5.26 Å². The van der Waals surface area contributed by atoms with Crippen LogP contribution < -0.4 is 4.74 Å². The first-order chi connectivity index (χ1) is 13.6. The number of carbonyl (C=O) groups is 1. The molecule has 0 saturated carbocycles. The number of allylic oxidation sites excluding steroid dienone is 1. The van der Waals surface area contributed by atoms with Gasteiger partial charge >= 0.3 is 5.97 Å². The van der Waals surface area contributed by atoms with Crippen molar-refractivity contribution in [2.24, 2.45) is 0 Å². The summed E-state index contributed by atoms with van der Waals surface area (Å²) in [6.07, 6.45) is 1.72. The number of thiophene rings is 1. The minimum absolute atomic E-state index is 0.411. The summed E-state index contributed by atoms with van der Waals surface area (Å²) in [6.45, 7) is 0. The minimum Gasteiger partial charge on any atom is -0.422 e. The SMILES string of the molecule is N#C/C(=C\c1ccc(OC(=O)c2ccc(Cl)s2)cc1)c1nc2ccccc2[nH]1. The van der Waals surface area contributed by atoms with Crippen molar-refractivity contribution in [2.45, 2.75) is 0 Å². The molecule has 0 fully saturated rings. The second-order valence-corrected chi connectivity index (χ2v) is 7.55. The van der Waals surface area contributed by atoms with Crippen molar-refractivity contribution in [3.05, 3.63) is 81.3 Å². The van der Waals surface area contributed by atoms with E-state index in [-0.39, 0.29) is 0 Å². The van der Waals surface area contributed by atoms with E-state index in [9.17, 15) is 10.1 Å². The first kappa shape index (κ1) is 18.0. The molecule has 2 aromatic carbocycles. The lowest BCUT2D eigenvalue weighted by molar-refractivity contribution is 0.0740. The van der Waals surface area contributed by atoms with Gasteiger partial charge in [0.15, 0.2) is 0 Å². The molecular formula is C21H12ClN3O2S. The first-order valence-corrected chi connectivity index (χ1v) is 9.46. The van der Waals surface area contributed by atoms with Gasteiger partial charge < -0.3 is 9.72 Å². The van der Waals surface area contributed by atoms with Crippen LogP contribution in [0.15, 0.2) is 60.7 Å². The number of nitrogens with one attached hydrogen (secondary N) is 1. The molecule has 0 amide bonds. The molecule has 0 aliphatic heterocycles. The molecule has 0 radical (unpaired) electrons. The Kier molecular flexibility index (Phi) is 4.94. The molecule has 28 heavy (non-hydrogen) atoms. The summed E-state index contributed by atoms with van der Waals surface area (Å²) in [5, 5.41) is 9.51. The van der Waals surface area contributed by atoms with Crippen molar-refractivity contribution < 1.29 is 9.53 Å². The summed E-state index contributed by atoms with van der Waals surface area (Å²) >= 11 is 7.00. The molecule has 4 rings (SSSR count). The monoisotopic (exact) mass is 405 g/mol. The average Bonchev–Trinajstić information content (AvgIpc) is 3.33. The van der Waals surface area contributed by atoms with E-state index >= 15 is 0 Å². The normalized spacial score (nSPS) is 11.4. The van der Waals surface area contributed by atoms with Gasteiger partial charge in [-0.25, -0.2) is 9.78 Å². The number of carbonyl (C=O) groups excluding carboxylic acids is 1. The number of aromatic amines is 1. The van der Waals surface area contributed by atoms with Gasteiger partial charge in [-0.2, -0.15) is 5.26 Å². The maximum absolute atomic E-state index is 12.1. The van der Waals surface area contributed by atoms with Gasteiger partial charge in [-0.3, -0.25) is 0 Å². The van der Waals surface area contributed by atoms with Crippen LogP contribution in [0.3, 0.4) is 0 Å². The summed E-state index contributed by atoms with van der Waals surface area (Å²) < 4.78 is 5.86. The Balaban J connectivity index is 1.54. The smallest absolute Gasteiger partial charge is 0.353 e. The Labute approximate surface area is 169 Å². The van der Waals surface area contributed by atoms with Crippen LogP contribution in [-0.2, 0) is 0 Å². The number of nitriles is 1. The van der Waals surface area contributed by atoms with Gasteiger partial charge in [-0.1, -0.05) is 35.9 Å². The third-order valence-electron chi connectivity index (χ3n) is 3.94. The molecule has 0 bridgehead atoms. The highest BCUT2D eigenvalue weighted by Gasteiger charge is 2.12. The highest BCUT2D eigenvalue weighted by atomic mass is 35.5. The van der Waals surface area contributed by atoms with E-state index in [1.54, 1.807) is 42.5 Å². The highest BCUT2D eigenvalue weighted by molar-refractivity contribution is 7.17. The molecule has 0 aliphatic carbocycles. The van der Waals surface area contributed by atoms with Crippen molar-refractivity contribution in [1.82, 2.24) is 9.97 Å². The topological polar surface area (TPSA) is 78.8 Å². The highest BCUT2D eigenvalue weighted by Crippen LogP contribution is 2.24. The summed E-state index contributed by atoms with van der Waals surface area (Å²) in [5.41, 5.74) is 2.87. The van der Waals surface area contributed by atoms with Crippen LogP contribution in [0.2, 0.25) is 4.34 Å². The van der Waals surface area contributed by atoms with E-state index in [0.29, 0.717) is 26.4 Å². The van der Waals surface area contributed by atoms with E-state index in [2.05, 4.69) is 16.0 Å². The number of benzene rings is 2. The molecule has 0 spiro atoms. The fourth-order valence-corrected chi connectivity index (χ4v) is 3.53. The molecule has 5 nitrogen and oxygen atoms in total. The molecule has 4 aromatic rings. The van der Waals surface area contributed by atoms with Crippen LogP contribution in [-0.4, -0.2) is 15.9 Å². The second kappa shape index (κ2) is 7.69. The number of imidazole rings is 1. The van der Waals surface area contributed by atoms with E-state index in [1.165, 1.54) is 0 Å². The molecule has 0 aliphatic rings. The predicted molar refractivity (Wildman–Crippen MR) is 110 cm³/mol. The zero-order chi connectivity index (χ0) is 19.5. The van der Waals surface area contributed by atoms with Crippen LogP contribution >= 0.6 is 22.9 Å². The Hall–Kier alpha value is -3.40. The van der Waals surface area contributed by atoms with Crippen molar-refractivity contribution >= 4 is 51.6 Å². The summed E-state index contributed by atoms with van der Waals surface area (Å²) in [5.74, 6) is 0.461. The number of hydrogen-bond donors (Lipinski definition) is 1. The number of nitrogens with zero attached hydrogens (tertiary/aromatic N) is 2. The average molecular weight is 406 g/mol. The van der Waals surface area contributed by atoms with Gasteiger partial charge in [-0.05, 0) is 48.0 Å². The van der Waals surface area contributed by atoms with E-state index < -0.39 is 5.97 Å². The van der Waals surface area contributed by atoms with Crippen molar-refractivity contribution in [3.63, 3.8) is 0 Å². The van der Waals surface area contributed by atoms with Gasteiger partial charge in [-0.15, -0.1) is 11.3 Å². The number of para-hydroxylation sites is 2. The van der Waals surface area contributed by atoms with Crippen LogP contribution in [0.1, 0.15) is 21.1 Å². The van der Waals surface area contributed by atoms with Crippen LogP contribution in [0.25, 0.3) is 22.7 Å². The number of esters is 1. The maximum atomic E-state index is 12.1. The quantitative estimate of drug-likeness (QED) is 0.274. The third-order valence-corrected chi connectivity index (χ3v) is 5.15. The van der Waals surface area contributed by atoms with Gasteiger partial charge in [0, 0.05) is 0 Å². The minimum atomic E-state index is -0.458.